The standard InChI is InChI=1S/C30H43N5O4/c1-21-17-35(22(2)20-36)29(37)16-24-15-26(33-30(38)32-25-7-5-4-6-8-25)9-10-27(24)39-28(21)19-34(3)18-23-11-13-31-14-12-23/h9-15,21-22,25,28,36H,4-8,16-20H2,1-3H3,(H2,32,33,38)/t21-,22+,28-/m0/s1. The summed E-state index contributed by atoms with van der Waals surface area (Å²) in [6.45, 7) is 5.73. The van der Waals surface area contributed by atoms with E-state index in [0.717, 1.165) is 43.4 Å². The Morgan fingerprint density at radius 3 is 2.67 bits per heavy atom. The van der Waals surface area contributed by atoms with Gasteiger partial charge in [0.25, 0.3) is 0 Å². The smallest absolute Gasteiger partial charge is 0.319 e. The van der Waals surface area contributed by atoms with Gasteiger partial charge in [-0.15, -0.1) is 0 Å². The van der Waals surface area contributed by atoms with Crippen LogP contribution in [0.4, 0.5) is 10.5 Å². The Kier molecular flexibility index (Phi) is 10.2. The fourth-order valence-corrected chi connectivity index (χ4v) is 5.50. The van der Waals surface area contributed by atoms with E-state index in [-0.39, 0.29) is 49.1 Å². The minimum absolute atomic E-state index is 0.0212. The van der Waals surface area contributed by atoms with Gasteiger partial charge < -0.3 is 25.4 Å². The van der Waals surface area contributed by atoms with E-state index in [2.05, 4.69) is 34.5 Å². The Hall–Kier alpha value is -3.17. The van der Waals surface area contributed by atoms with Crippen molar-refractivity contribution in [1.82, 2.24) is 20.1 Å². The maximum Gasteiger partial charge on any atom is 0.319 e. The molecule has 212 valence electrons. The van der Waals surface area contributed by atoms with Gasteiger partial charge in [-0.3, -0.25) is 14.7 Å². The van der Waals surface area contributed by atoms with E-state index >= 15 is 0 Å². The molecule has 2 aromatic rings. The Labute approximate surface area is 231 Å². The highest BCUT2D eigenvalue weighted by molar-refractivity contribution is 5.90. The fraction of sp³-hybridized carbons (Fsp3) is 0.567. The topological polar surface area (TPSA) is 107 Å². The van der Waals surface area contributed by atoms with Gasteiger partial charge in [-0.25, -0.2) is 4.79 Å². The lowest BCUT2D eigenvalue weighted by Crippen LogP contribution is -2.47. The van der Waals surface area contributed by atoms with Crippen molar-refractivity contribution in [2.75, 3.05) is 32.1 Å². The van der Waals surface area contributed by atoms with E-state index in [1.54, 1.807) is 17.3 Å². The van der Waals surface area contributed by atoms with Gasteiger partial charge in [-0.2, -0.15) is 0 Å². The first-order valence-corrected chi connectivity index (χ1v) is 14.2. The van der Waals surface area contributed by atoms with Crippen molar-refractivity contribution >= 4 is 17.6 Å². The van der Waals surface area contributed by atoms with E-state index < -0.39 is 0 Å². The van der Waals surface area contributed by atoms with E-state index in [0.29, 0.717) is 24.5 Å². The number of hydrogen-bond donors (Lipinski definition) is 3. The molecule has 2 aliphatic rings. The molecule has 0 unspecified atom stereocenters. The zero-order valence-electron chi connectivity index (χ0n) is 23.4. The quantitative estimate of drug-likeness (QED) is 0.473. The van der Waals surface area contributed by atoms with E-state index in [1.807, 2.05) is 37.3 Å². The summed E-state index contributed by atoms with van der Waals surface area (Å²) in [5.74, 6) is 0.602. The Morgan fingerprint density at radius 1 is 1.21 bits per heavy atom. The molecule has 39 heavy (non-hydrogen) atoms. The van der Waals surface area contributed by atoms with Gasteiger partial charge in [0.15, 0.2) is 0 Å². The van der Waals surface area contributed by atoms with Crippen LogP contribution in [0.5, 0.6) is 5.75 Å². The van der Waals surface area contributed by atoms with Crippen LogP contribution in [0.1, 0.15) is 57.1 Å². The number of likely N-dealkylation sites (N-methyl/N-ethyl adjacent to an activating group) is 1. The molecule has 0 bridgehead atoms. The van der Waals surface area contributed by atoms with E-state index in [4.69, 9.17) is 4.74 Å². The molecule has 0 spiro atoms. The fourth-order valence-electron chi connectivity index (χ4n) is 5.50. The number of hydrogen-bond acceptors (Lipinski definition) is 6. The molecule has 3 amide bonds. The van der Waals surface area contributed by atoms with Crippen molar-refractivity contribution in [2.24, 2.45) is 5.92 Å². The third kappa shape index (κ3) is 8.16. The van der Waals surface area contributed by atoms with E-state index in [1.165, 1.54) is 6.42 Å². The number of anilines is 1. The normalized spacial score (nSPS) is 21.3. The second kappa shape index (κ2) is 13.8. The Bertz CT molecular complexity index is 1090. The predicted octanol–water partition coefficient (Wildman–Crippen LogP) is 3.82. The number of amides is 3. The van der Waals surface area contributed by atoms with Gasteiger partial charge in [-0.05, 0) is 62.7 Å². The molecule has 1 aromatic heterocycles. The number of pyridine rings is 1. The second-order valence-electron chi connectivity index (χ2n) is 11.2. The molecule has 3 atom stereocenters. The maximum atomic E-state index is 13.4. The second-order valence-corrected chi connectivity index (χ2v) is 11.2. The highest BCUT2D eigenvalue weighted by Crippen LogP contribution is 2.29. The summed E-state index contributed by atoms with van der Waals surface area (Å²) in [6, 6.07) is 9.20. The van der Waals surface area contributed by atoms with Crippen LogP contribution in [0.25, 0.3) is 0 Å². The number of urea groups is 1. The summed E-state index contributed by atoms with van der Waals surface area (Å²) in [5, 5.41) is 15.9. The van der Waals surface area contributed by atoms with Crippen LogP contribution >= 0.6 is 0 Å². The lowest BCUT2D eigenvalue weighted by atomic mass is 9.96. The number of benzene rings is 1. The number of nitrogens with zero attached hydrogens (tertiary/aromatic N) is 3. The SMILES string of the molecule is C[C@H](CO)N1C[C@H](C)[C@H](CN(C)Cc2ccncc2)Oc2ccc(NC(=O)NC3CCCCC3)cc2CC1=O. The molecule has 4 rings (SSSR count). The summed E-state index contributed by atoms with van der Waals surface area (Å²) >= 11 is 0. The number of ether oxygens (including phenoxy) is 1. The van der Waals surface area contributed by atoms with Gasteiger partial charge in [-0.1, -0.05) is 26.2 Å². The molecule has 1 fully saturated rings. The van der Waals surface area contributed by atoms with E-state index in [9.17, 15) is 14.7 Å². The molecule has 1 aromatic carbocycles. The monoisotopic (exact) mass is 537 g/mol. The number of aliphatic hydroxyl groups is 1. The Morgan fingerprint density at radius 2 is 1.95 bits per heavy atom. The number of rotatable bonds is 8. The van der Waals surface area contributed by atoms with Crippen LogP contribution in [-0.4, -0.2) is 76.8 Å². The minimum Gasteiger partial charge on any atom is -0.488 e. The van der Waals surface area contributed by atoms with Crippen LogP contribution in [0.3, 0.4) is 0 Å². The predicted molar refractivity (Wildman–Crippen MR) is 152 cm³/mol. The van der Waals surface area contributed by atoms with Crippen LogP contribution in [0.15, 0.2) is 42.7 Å². The van der Waals surface area contributed by atoms with Crippen molar-refractivity contribution in [3.8, 4) is 5.75 Å². The van der Waals surface area contributed by atoms with Crippen molar-refractivity contribution < 1.29 is 19.4 Å². The lowest BCUT2D eigenvalue weighted by molar-refractivity contribution is -0.134. The molecule has 1 aliphatic heterocycles. The Balaban J connectivity index is 1.53. The third-order valence-corrected chi connectivity index (χ3v) is 7.81. The van der Waals surface area contributed by atoms with Gasteiger partial charge in [0.1, 0.15) is 11.9 Å². The average molecular weight is 538 g/mol. The number of fused-ring (bicyclic) bond motifs is 1. The first kappa shape index (κ1) is 28.8. The van der Waals surface area contributed by atoms with Gasteiger partial charge in [0.2, 0.25) is 5.91 Å². The summed E-state index contributed by atoms with van der Waals surface area (Å²) in [7, 11) is 2.06. The number of carbonyl (C=O) groups excluding carboxylic acids is 2. The van der Waals surface area contributed by atoms with Gasteiger partial charge in [0.05, 0.1) is 19.1 Å². The third-order valence-electron chi connectivity index (χ3n) is 7.81. The summed E-state index contributed by atoms with van der Waals surface area (Å²) in [6.07, 6.45) is 9.05. The molecule has 0 saturated heterocycles. The maximum absolute atomic E-state index is 13.4. The molecule has 3 N–H and O–H groups in total. The molecule has 2 heterocycles. The molecule has 1 aliphatic carbocycles. The number of nitrogens with one attached hydrogen (secondary N) is 2. The largest absolute Gasteiger partial charge is 0.488 e. The summed E-state index contributed by atoms with van der Waals surface area (Å²) < 4.78 is 6.61. The average Bonchev–Trinajstić information content (AvgIpc) is 2.97. The highest BCUT2D eigenvalue weighted by atomic mass is 16.5. The zero-order valence-corrected chi connectivity index (χ0v) is 23.4. The molecular weight excluding hydrogens is 494 g/mol. The summed E-state index contributed by atoms with van der Waals surface area (Å²) in [5.41, 5.74) is 2.51. The van der Waals surface area contributed by atoms with Gasteiger partial charge in [0, 0.05) is 55.2 Å². The zero-order chi connectivity index (χ0) is 27.8. The van der Waals surface area contributed by atoms with Crippen molar-refractivity contribution in [3.63, 3.8) is 0 Å². The van der Waals surface area contributed by atoms with Crippen molar-refractivity contribution in [3.05, 3.63) is 53.9 Å². The first-order chi connectivity index (χ1) is 18.8. The van der Waals surface area contributed by atoms with Crippen LogP contribution in [0.2, 0.25) is 0 Å². The molecule has 9 heteroatoms. The highest BCUT2D eigenvalue weighted by Gasteiger charge is 2.31. The number of carbonyl (C=O) groups is 2. The molecule has 9 nitrogen and oxygen atoms in total. The molecule has 0 radical (unpaired) electrons. The number of aromatic nitrogens is 1. The van der Waals surface area contributed by atoms with Gasteiger partial charge >= 0.3 is 6.03 Å². The van der Waals surface area contributed by atoms with Crippen LogP contribution < -0.4 is 15.4 Å². The van der Waals surface area contributed by atoms with Crippen molar-refractivity contribution in [2.45, 2.75) is 77.1 Å². The summed E-state index contributed by atoms with van der Waals surface area (Å²) in [4.78, 5) is 34.2. The first-order valence-electron chi connectivity index (χ1n) is 14.2. The van der Waals surface area contributed by atoms with Crippen LogP contribution in [0, 0.1) is 5.92 Å². The molecular formula is C30H43N5O4. The van der Waals surface area contributed by atoms with Crippen molar-refractivity contribution in [1.29, 1.82) is 0 Å². The number of aliphatic hydroxyl groups excluding tert-OH is 1. The van der Waals surface area contributed by atoms with Crippen LogP contribution in [-0.2, 0) is 17.8 Å². The minimum atomic E-state index is -0.306. The molecule has 1 saturated carbocycles. The lowest BCUT2D eigenvalue weighted by Gasteiger charge is -2.34.